The molecular formula is C17H23N3O. The van der Waals surface area contributed by atoms with Crippen molar-refractivity contribution in [3.8, 4) is 0 Å². The molecule has 21 heavy (non-hydrogen) atoms. The van der Waals surface area contributed by atoms with E-state index in [-0.39, 0.29) is 5.78 Å². The van der Waals surface area contributed by atoms with Gasteiger partial charge in [-0.15, -0.1) is 0 Å². The number of allylic oxidation sites excluding steroid dienone is 2. The van der Waals surface area contributed by atoms with Crippen LogP contribution in [0.25, 0.3) is 0 Å². The van der Waals surface area contributed by atoms with E-state index >= 15 is 0 Å². The predicted octanol–water partition coefficient (Wildman–Crippen LogP) is 1.77. The molecule has 0 aromatic heterocycles. The van der Waals surface area contributed by atoms with Gasteiger partial charge < -0.3 is 10.3 Å². The second-order valence-corrected chi connectivity index (χ2v) is 6.05. The van der Waals surface area contributed by atoms with Gasteiger partial charge in [-0.2, -0.15) is 0 Å². The van der Waals surface area contributed by atoms with Gasteiger partial charge in [-0.3, -0.25) is 4.79 Å². The summed E-state index contributed by atoms with van der Waals surface area (Å²) >= 11 is 0. The second-order valence-electron chi connectivity index (χ2n) is 6.05. The lowest BCUT2D eigenvalue weighted by atomic mass is 9.85. The fraction of sp³-hybridized carbons (Fsp3) is 0.471. The maximum absolute atomic E-state index is 12.0. The van der Waals surface area contributed by atoms with Crippen LogP contribution in [0.2, 0.25) is 0 Å². The number of hydrazine groups is 1. The molecule has 1 aliphatic heterocycles. The smallest absolute Gasteiger partial charge is 0.158 e. The maximum atomic E-state index is 12.0. The SMILES string of the molecule is CN1CCN(NC2=CC(=O)C[C@H](c3ccccc3)C2)CC1. The Morgan fingerprint density at radius 2 is 1.76 bits per heavy atom. The van der Waals surface area contributed by atoms with Crippen molar-refractivity contribution in [1.29, 1.82) is 0 Å². The molecule has 1 atom stereocenters. The van der Waals surface area contributed by atoms with E-state index < -0.39 is 0 Å². The van der Waals surface area contributed by atoms with Crippen molar-refractivity contribution in [3.63, 3.8) is 0 Å². The van der Waals surface area contributed by atoms with Gasteiger partial charge in [-0.1, -0.05) is 30.3 Å². The molecule has 1 saturated heterocycles. The summed E-state index contributed by atoms with van der Waals surface area (Å²) in [5.74, 6) is 0.533. The normalized spacial score (nSPS) is 24.7. The Morgan fingerprint density at radius 1 is 1.05 bits per heavy atom. The predicted molar refractivity (Wildman–Crippen MR) is 83.7 cm³/mol. The molecule has 0 bridgehead atoms. The van der Waals surface area contributed by atoms with Crippen LogP contribution in [0.4, 0.5) is 0 Å². The number of nitrogens with zero attached hydrogens (tertiary/aromatic N) is 2. The van der Waals surface area contributed by atoms with E-state index in [1.165, 1.54) is 5.56 Å². The number of carbonyl (C=O) groups excluding carboxylic acids is 1. The molecule has 1 aliphatic carbocycles. The minimum atomic E-state index is 0.228. The van der Waals surface area contributed by atoms with Crippen molar-refractivity contribution in [1.82, 2.24) is 15.3 Å². The fourth-order valence-corrected chi connectivity index (χ4v) is 3.05. The quantitative estimate of drug-likeness (QED) is 0.918. The molecule has 112 valence electrons. The number of piperazine rings is 1. The first kappa shape index (κ1) is 14.3. The summed E-state index contributed by atoms with van der Waals surface area (Å²) in [5.41, 5.74) is 5.78. The maximum Gasteiger partial charge on any atom is 0.158 e. The first-order valence-electron chi connectivity index (χ1n) is 7.69. The van der Waals surface area contributed by atoms with Crippen LogP contribution in [0.3, 0.4) is 0 Å². The lowest BCUT2D eigenvalue weighted by Crippen LogP contribution is -2.50. The van der Waals surface area contributed by atoms with Crippen LogP contribution in [-0.2, 0) is 4.79 Å². The summed E-state index contributed by atoms with van der Waals surface area (Å²) in [6.07, 6.45) is 3.33. The van der Waals surface area contributed by atoms with E-state index in [9.17, 15) is 4.79 Å². The van der Waals surface area contributed by atoms with Gasteiger partial charge >= 0.3 is 0 Å². The van der Waals surface area contributed by atoms with Crippen molar-refractivity contribution in [2.24, 2.45) is 0 Å². The molecule has 1 fully saturated rings. The Hall–Kier alpha value is -1.65. The Labute approximate surface area is 126 Å². The lowest BCUT2D eigenvalue weighted by molar-refractivity contribution is -0.115. The van der Waals surface area contributed by atoms with Crippen molar-refractivity contribution in [2.45, 2.75) is 18.8 Å². The zero-order chi connectivity index (χ0) is 14.7. The van der Waals surface area contributed by atoms with Crippen LogP contribution in [0.1, 0.15) is 24.3 Å². The molecule has 1 aromatic rings. The molecule has 0 spiro atoms. The molecule has 1 N–H and O–H groups in total. The van der Waals surface area contributed by atoms with E-state index in [4.69, 9.17) is 0 Å². The molecular weight excluding hydrogens is 262 g/mol. The number of benzene rings is 1. The Bertz CT molecular complexity index is 518. The molecule has 0 saturated carbocycles. The molecule has 2 aliphatic rings. The highest BCUT2D eigenvalue weighted by molar-refractivity contribution is 5.91. The third-order valence-electron chi connectivity index (χ3n) is 4.33. The molecule has 0 unspecified atom stereocenters. The summed E-state index contributed by atoms with van der Waals surface area (Å²) in [6.45, 7) is 4.13. The van der Waals surface area contributed by atoms with E-state index in [0.717, 1.165) is 38.3 Å². The third-order valence-corrected chi connectivity index (χ3v) is 4.33. The number of hydrogen-bond acceptors (Lipinski definition) is 4. The minimum absolute atomic E-state index is 0.228. The largest absolute Gasteiger partial charge is 0.323 e. The van der Waals surface area contributed by atoms with E-state index in [2.05, 4.69) is 34.5 Å². The Balaban J connectivity index is 1.64. The van der Waals surface area contributed by atoms with Gasteiger partial charge in [0.1, 0.15) is 0 Å². The number of carbonyl (C=O) groups is 1. The van der Waals surface area contributed by atoms with E-state index in [1.54, 1.807) is 6.08 Å². The van der Waals surface area contributed by atoms with Crippen LogP contribution < -0.4 is 5.43 Å². The van der Waals surface area contributed by atoms with Crippen LogP contribution in [0, 0.1) is 0 Å². The monoisotopic (exact) mass is 285 g/mol. The van der Waals surface area contributed by atoms with Gasteiger partial charge in [0.25, 0.3) is 0 Å². The highest BCUT2D eigenvalue weighted by Crippen LogP contribution is 2.30. The van der Waals surface area contributed by atoms with Gasteiger partial charge in [0, 0.05) is 44.4 Å². The van der Waals surface area contributed by atoms with Crippen molar-refractivity contribution >= 4 is 5.78 Å². The summed E-state index contributed by atoms with van der Waals surface area (Å²) in [4.78, 5) is 14.3. The number of ketones is 1. The molecule has 1 heterocycles. The van der Waals surface area contributed by atoms with Crippen LogP contribution >= 0.6 is 0 Å². The zero-order valence-corrected chi connectivity index (χ0v) is 12.6. The summed E-state index contributed by atoms with van der Waals surface area (Å²) in [5, 5.41) is 2.23. The van der Waals surface area contributed by atoms with Crippen molar-refractivity contribution < 1.29 is 4.79 Å². The van der Waals surface area contributed by atoms with E-state index in [1.807, 2.05) is 18.2 Å². The van der Waals surface area contributed by atoms with E-state index in [0.29, 0.717) is 12.3 Å². The van der Waals surface area contributed by atoms with Gasteiger partial charge in [-0.25, -0.2) is 5.01 Å². The second kappa shape index (κ2) is 6.41. The van der Waals surface area contributed by atoms with Gasteiger partial charge in [-0.05, 0) is 24.9 Å². The third kappa shape index (κ3) is 3.71. The molecule has 4 nitrogen and oxygen atoms in total. The molecule has 3 rings (SSSR count). The van der Waals surface area contributed by atoms with Crippen LogP contribution in [-0.4, -0.2) is 48.9 Å². The number of rotatable bonds is 3. The topological polar surface area (TPSA) is 35.6 Å². The average Bonchev–Trinajstić information content (AvgIpc) is 2.50. The number of hydrogen-bond donors (Lipinski definition) is 1. The van der Waals surface area contributed by atoms with Gasteiger partial charge in [0.2, 0.25) is 0 Å². The highest BCUT2D eigenvalue weighted by atomic mass is 16.1. The molecule has 0 radical (unpaired) electrons. The van der Waals surface area contributed by atoms with Crippen LogP contribution in [0.5, 0.6) is 0 Å². The first-order valence-corrected chi connectivity index (χ1v) is 7.69. The Morgan fingerprint density at radius 3 is 2.48 bits per heavy atom. The Kier molecular flexibility index (Phi) is 4.36. The summed E-state index contributed by atoms with van der Waals surface area (Å²) < 4.78 is 0. The van der Waals surface area contributed by atoms with Crippen molar-refractivity contribution in [2.75, 3.05) is 33.2 Å². The standard InChI is InChI=1S/C17H23N3O/c1-19-7-9-20(10-8-19)18-16-11-15(12-17(21)13-16)14-5-3-2-4-6-14/h2-6,13,15,18H,7-12H2,1H3/t15-/m1/s1. The fourth-order valence-electron chi connectivity index (χ4n) is 3.05. The molecule has 0 amide bonds. The first-order chi connectivity index (χ1) is 10.2. The highest BCUT2D eigenvalue weighted by Gasteiger charge is 2.23. The minimum Gasteiger partial charge on any atom is -0.323 e. The van der Waals surface area contributed by atoms with Gasteiger partial charge in [0.05, 0.1) is 0 Å². The lowest BCUT2D eigenvalue weighted by Gasteiger charge is -2.35. The molecule has 1 aromatic carbocycles. The summed E-state index contributed by atoms with van der Waals surface area (Å²) in [7, 11) is 2.15. The molecule has 4 heteroatoms. The summed E-state index contributed by atoms with van der Waals surface area (Å²) in [6, 6.07) is 10.4. The van der Waals surface area contributed by atoms with Gasteiger partial charge in [0.15, 0.2) is 5.78 Å². The van der Waals surface area contributed by atoms with Crippen LogP contribution in [0.15, 0.2) is 42.1 Å². The number of nitrogens with one attached hydrogen (secondary N) is 1. The average molecular weight is 285 g/mol. The zero-order valence-electron chi connectivity index (χ0n) is 12.6. The number of likely N-dealkylation sites (N-methyl/N-ethyl adjacent to an activating group) is 1. The van der Waals surface area contributed by atoms with Crippen molar-refractivity contribution in [3.05, 3.63) is 47.7 Å².